The number of ether oxygens (including phenoxy) is 3. The zero-order valence-corrected chi connectivity index (χ0v) is 20.8. The number of anilines is 1. The maximum absolute atomic E-state index is 12.8. The number of hydrogen-bond acceptors (Lipinski definition) is 8. The summed E-state index contributed by atoms with van der Waals surface area (Å²) >= 11 is 0. The second-order valence-electron chi connectivity index (χ2n) is 9.64. The van der Waals surface area contributed by atoms with Crippen LogP contribution >= 0.6 is 0 Å². The van der Waals surface area contributed by atoms with Crippen molar-refractivity contribution in [3.63, 3.8) is 0 Å². The standard InChI is InChI=1S/C25H35N3O7/c1-25(2,3)35-24(32)27-11-9-17(10-12-27)16-34-20-8-6-5-7-19(20)26-21-18(23(31)33-4)15-28(13-14-29)22(21)30/h5-8,17,26,29H,9-16H2,1-4H3. The number of β-amino-alcohol motifs (C(OH)–C–C–N with tert-alkyl or cyclic N) is 1. The van der Waals surface area contributed by atoms with Gasteiger partial charge in [-0.3, -0.25) is 4.79 Å². The number of hydrogen-bond donors (Lipinski definition) is 2. The molecule has 2 aliphatic heterocycles. The minimum absolute atomic E-state index is 0.0631. The number of likely N-dealkylation sites (tertiary alicyclic amines) is 1. The van der Waals surface area contributed by atoms with Crippen molar-refractivity contribution >= 4 is 23.7 Å². The van der Waals surface area contributed by atoms with Gasteiger partial charge in [0.15, 0.2) is 0 Å². The second-order valence-corrected chi connectivity index (χ2v) is 9.64. The number of methoxy groups -OCH3 is 1. The minimum Gasteiger partial charge on any atom is -0.491 e. The van der Waals surface area contributed by atoms with Crippen molar-refractivity contribution in [2.75, 3.05) is 51.8 Å². The summed E-state index contributed by atoms with van der Waals surface area (Å²) < 4.78 is 16.4. The molecule has 10 heteroatoms. The fourth-order valence-electron chi connectivity index (χ4n) is 4.00. The third-order valence-electron chi connectivity index (χ3n) is 5.84. The van der Waals surface area contributed by atoms with Crippen molar-refractivity contribution in [2.45, 2.75) is 39.2 Å². The van der Waals surface area contributed by atoms with Crippen LogP contribution in [0.2, 0.25) is 0 Å². The Bertz CT molecular complexity index is 962. The van der Waals surface area contributed by atoms with Gasteiger partial charge in [-0.15, -0.1) is 0 Å². The summed E-state index contributed by atoms with van der Waals surface area (Å²) in [5.41, 5.74) is 0.351. The maximum Gasteiger partial charge on any atom is 0.410 e. The van der Waals surface area contributed by atoms with Gasteiger partial charge in [-0.2, -0.15) is 0 Å². The quantitative estimate of drug-likeness (QED) is 0.535. The first-order chi connectivity index (χ1) is 16.6. The van der Waals surface area contributed by atoms with Gasteiger partial charge in [-0.05, 0) is 51.7 Å². The topological polar surface area (TPSA) is 118 Å². The smallest absolute Gasteiger partial charge is 0.410 e. The first-order valence-corrected chi connectivity index (χ1v) is 11.8. The fraction of sp³-hybridized carbons (Fsp3) is 0.560. The van der Waals surface area contributed by atoms with E-state index in [2.05, 4.69) is 5.32 Å². The Labute approximate surface area is 205 Å². The number of benzene rings is 1. The molecule has 0 unspecified atom stereocenters. The van der Waals surface area contributed by atoms with Gasteiger partial charge in [0.1, 0.15) is 17.0 Å². The van der Waals surface area contributed by atoms with Gasteiger partial charge in [0, 0.05) is 19.6 Å². The van der Waals surface area contributed by atoms with Gasteiger partial charge in [0.2, 0.25) is 0 Å². The van der Waals surface area contributed by atoms with E-state index in [9.17, 15) is 19.5 Å². The number of carbonyl (C=O) groups excluding carboxylic acids is 3. The molecular formula is C25H35N3O7. The van der Waals surface area contributed by atoms with Crippen LogP contribution in [0.5, 0.6) is 5.75 Å². The Balaban J connectivity index is 1.62. The number of para-hydroxylation sites is 2. The Kier molecular flexibility index (Phi) is 8.61. The summed E-state index contributed by atoms with van der Waals surface area (Å²) in [4.78, 5) is 40.5. The maximum atomic E-state index is 12.8. The molecule has 0 spiro atoms. The van der Waals surface area contributed by atoms with Crippen LogP contribution in [0.3, 0.4) is 0 Å². The van der Waals surface area contributed by atoms with Crippen LogP contribution in [0.1, 0.15) is 33.6 Å². The zero-order valence-electron chi connectivity index (χ0n) is 20.8. The molecule has 0 aromatic heterocycles. The summed E-state index contributed by atoms with van der Waals surface area (Å²) in [7, 11) is 1.26. The van der Waals surface area contributed by atoms with Gasteiger partial charge in [-0.1, -0.05) is 12.1 Å². The molecule has 0 saturated carbocycles. The molecule has 1 aromatic carbocycles. The molecule has 2 heterocycles. The largest absolute Gasteiger partial charge is 0.491 e. The molecule has 0 radical (unpaired) electrons. The SMILES string of the molecule is COC(=O)C1=C(Nc2ccccc2OCC2CCN(C(=O)OC(C)(C)C)CC2)C(=O)N(CCO)C1. The highest BCUT2D eigenvalue weighted by Gasteiger charge is 2.35. The summed E-state index contributed by atoms with van der Waals surface area (Å²) in [6, 6.07) is 7.19. The lowest BCUT2D eigenvalue weighted by atomic mass is 9.98. The van der Waals surface area contributed by atoms with Crippen molar-refractivity contribution in [2.24, 2.45) is 5.92 Å². The lowest BCUT2D eigenvalue weighted by molar-refractivity contribution is -0.136. The number of nitrogens with zero attached hydrogens (tertiary/aromatic N) is 2. The van der Waals surface area contributed by atoms with Crippen molar-refractivity contribution in [1.82, 2.24) is 9.80 Å². The highest BCUT2D eigenvalue weighted by Crippen LogP contribution is 2.30. The molecule has 1 fully saturated rings. The van der Waals surface area contributed by atoms with Crippen LogP contribution < -0.4 is 10.1 Å². The van der Waals surface area contributed by atoms with Crippen molar-refractivity contribution in [3.05, 3.63) is 35.5 Å². The van der Waals surface area contributed by atoms with Crippen LogP contribution in [0, 0.1) is 5.92 Å². The fourth-order valence-corrected chi connectivity index (χ4v) is 4.00. The number of aliphatic hydroxyl groups is 1. The molecule has 0 aliphatic carbocycles. The molecule has 3 rings (SSSR count). The highest BCUT2D eigenvalue weighted by atomic mass is 16.6. The number of nitrogens with one attached hydrogen (secondary N) is 1. The van der Waals surface area contributed by atoms with E-state index < -0.39 is 11.6 Å². The molecule has 2 amide bonds. The van der Waals surface area contributed by atoms with Gasteiger partial charge < -0.3 is 34.4 Å². The Hall–Kier alpha value is -3.27. The summed E-state index contributed by atoms with van der Waals surface area (Å²) in [5, 5.41) is 12.3. The molecule has 2 N–H and O–H groups in total. The predicted octanol–water partition coefficient (Wildman–Crippen LogP) is 2.39. The molecule has 10 nitrogen and oxygen atoms in total. The van der Waals surface area contributed by atoms with Crippen LogP contribution in [0.15, 0.2) is 35.5 Å². The molecule has 2 aliphatic rings. The molecule has 192 valence electrons. The third-order valence-corrected chi connectivity index (χ3v) is 5.84. The number of carbonyl (C=O) groups is 3. The molecule has 35 heavy (non-hydrogen) atoms. The number of aliphatic hydroxyl groups excluding tert-OH is 1. The number of piperidine rings is 1. The summed E-state index contributed by atoms with van der Waals surface area (Å²) in [6.45, 7) is 7.19. The Morgan fingerprint density at radius 3 is 2.49 bits per heavy atom. The second kappa shape index (κ2) is 11.4. The van der Waals surface area contributed by atoms with E-state index in [1.54, 1.807) is 23.1 Å². The lowest BCUT2D eigenvalue weighted by Gasteiger charge is -2.33. The molecule has 0 atom stereocenters. The van der Waals surface area contributed by atoms with Gasteiger partial charge in [0.05, 0.1) is 38.1 Å². The van der Waals surface area contributed by atoms with Crippen LogP contribution in [-0.2, 0) is 19.1 Å². The number of esters is 1. The number of rotatable bonds is 8. The third kappa shape index (κ3) is 6.88. The van der Waals surface area contributed by atoms with E-state index in [0.29, 0.717) is 31.1 Å². The average molecular weight is 490 g/mol. The van der Waals surface area contributed by atoms with Crippen LogP contribution in [-0.4, -0.2) is 85.0 Å². The van der Waals surface area contributed by atoms with Crippen LogP contribution in [0.4, 0.5) is 10.5 Å². The Morgan fingerprint density at radius 2 is 1.86 bits per heavy atom. The number of amides is 2. The van der Waals surface area contributed by atoms with E-state index in [1.165, 1.54) is 12.0 Å². The van der Waals surface area contributed by atoms with E-state index in [4.69, 9.17) is 14.2 Å². The molecule has 1 saturated heterocycles. The first-order valence-electron chi connectivity index (χ1n) is 11.8. The lowest BCUT2D eigenvalue weighted by Crippen LogP contribution is -2.42. The highest BCUT2D eigenvalue weighted by molar-refractivity contribution is 6.08. The van der Waals surface area contributed by atoms with Crippen molar-refractivity contribution < 1.29 is 33.7 Å². The Morgan fingerprint density at radius 1 is 1.17 bits per heavy atom. The van der Waals surface area contributed by atoms with E-state index in [0.717, 1.165) is 12.8 Å². The zero-order chi connectivity index (χ0) is 25.6. The minimum atomic E-state index is -0.601. The normalized spacial score (nSPS) is 17.0. The molecule has 1 aromatic rings. The summed E-state index contributed by atoms with van der Waals surface area (Å²) in [6.07, 6.45) is 1.29. The van der Waals surface area contributed by atoms with Crippen molar-refractivity contribution in [1.29, 1.82) is 0 Å². The molecular weight excluding hydrogens is 454 g/mol. The van der Waals surface area contributed by atoms with E-state index >= 15 is 0 Å². The summed E-state index contributed by atoms with van der Waals surface area (Å²) in [5.74, 6) is -0.174. The van der Waals surface area contributed by atoms with Gasteiger partial charge in [0.25, 0.3) is 5.91 Å². The van der Waals surface area contributed by atoms with E-state index in [-0.39, 0.29) is 48.9 Å². The van der Waals surface area contributed by atoms with E-state index in [1.807, 2.05) is 26.8 Å². The first kappa shape index (κ1) is 26.3. The van der Waals surface area contributed by atoms with Crippen LogP contribution in [0.25, 0.3) is 0 Å². The predicted molar refractivity (Wildman–Crippen MR) is 129 cm³/mol. The molecule has 0 bridgehead atoms. The average Bonchev–Trinajstić information content (AvgIpc) is 3.12. The monoisotopic (exact) mass is 489 g/mol. The van der Waals surface area contributed by atoms with Crippen molar-refractivity contribution in [3.8, 4) is 5.75 Å². The van der Waals surface area contributed by atoms with Gasteiger partial charge in [-0.25, -0.2) is 9.59 Å². The van der Waals surface area contributed by atoms with Gasteiger partial charge >= 0.3 is 12.1 Å².